The van der Waals surface area contributed by atoms with E-state index in [-0.39, 0.29) is 50.2 Å². The number of aliphatic hydroxyl groups excluding tert-OH is 1. The largest absolute Gasteiger partial charge is 0.463 e. The summed E-state index contributed by atoms with van der Waals surface area (Å²) in [5, 5.41) is 12.6. The maximum atomic E-state index is 13.6. The molecule has 0 aromatic heterocycles. The zero-order valence-electron chi connectivity index (χ0n) is 25.7. The molecule has 3 aromatic rings. The molecule has 0 saturated heterocycles. The van der Waals surface area contributed by atoms with E-state index in [4.69, 9.17) is 4.74 Å². The second kappa shape index (κ2) is 19.0. The Morgan fingerprint density at radius 3 is 2.18 bits per heavy atom. The Kier molecular flexibility index (Phi) is 14.7. The number of carbonyl (C=O) groups is 3. The number of rotatable bonds is 19. The van der Waals surface area contributed by atoms with E-state index in [9.17, 15) is 23.9 Å². The fraction of sp³-hybridized carbons (Fsp3) is 0.324. The van der Waals surface area contributed by atoms with Crippen molar-refractivity contribution in [2.45, 2.75) is 44.7 Å². The zero-order chi connectivity index (χ0) is 32.4. The van der Waals surface area contributed by atoms with Gasteiger partial charge in [0.2, 0.25) is 11.8 Å². The van der Waals surface area contributed by atoms with Crippen LogP contribution in [0.2, 0.25) is 0 Å². The molecule has 0 saturated carbocycles. The van der Waals surface area contributed by atoms with Gasteiger partial charge in [0.15, 0.2) is 0 Å². The molecule has 2 N–H and O–H groups in total. The summed E-state index contributed by atoms with van der Waals surface area (Å²) in [6.07, 6.45) is 5.02. The topological polar surface area (TPSA) is 95.9 Å². The molecule has 0 unspecified atom stereocenters. The quantitative estimate of drug-likeness (QED) is 0.128. The molecule has 0 bridgehead atoms. The fourth-order valence-electron chi connectivity index (χ4n) is 5.05. The van der Waals surface area contributed by atoms with Crippen LogP contribution >= 0.6 is 0 Å². The van der Waals surface area contributed by atoms with Crippen LogP contribution < -0.4 is 5.32 Å². The lowest BCUT2D eigenvalue weighted by molar-refractivity contribution is -0.150. The highest BCUT2D eigenvalue weighted by Gasteiger charge is 2.28. The first kappa shape index (κ1) is 34.9. The van der Waals surface area contributed by atoms with Gasteiger partial charge in [0.25, 0.3) is 0 Å². The molecule has 0 aliphatic carbocycles. The van der Waals surface area contributed by atoms with E-state index in [1.165, 1.54) is 12.1 Å². The van der Waals surface area contributed by atoms with Crippen molar-refractivity contribution in [2.75, 3.05) is 19.8 Å². The van der Waals surface area contributed by atoms with Gasteiger partial charge < -0.3 is 20.1 Å². The molecule has 45 heavy (non-hydrogen) atoms. The van der Waals surface area contributed by atoms with Gasteiger partial charge in [-0.05, 0) is 54.5 Å². The molecule has 2 amide bonds. The normalized spacial score (nSPS) is 12.8. The molecular weight excluding hydrogens is 571 g/mol. The van der Waals surface area contributed by atoms with E-state index < -0.39 is 23.8 Å². The number of carbonyl (C=O) groups excluding carboxylic acids is 3. The van der Waals surface area contributed by atoms with E-state index in [1.54, 1.807) is 29.2 Å². The van der Waals surface area contributed by atoms with Gasteiger partial charge in [-0.1, -0.05) is 84.9 Å². The minimum Gasteiger partial charge on any atom is -0.463 e. The van der Waals surface area contributed by atoms with Crippen LogP contribution in [0.4, 0.5) is 4.39 Å². The first-order valence-corrected chi connectivity index (χ1v) is 15.2. The van der Waals surface area contributed by atoms with Crippen molar-refractivity contribution < 1.29 is 28.6 Å². The van der Waals surface area contributed by atoms with Crippen molar-refractivity contribution >= 4 is 17.8 Å². The summed E-state index contributed by atoms with van der Waals surface area (Å²) in [5.41, 5.74) is 2.48. The first-order valence-electron chi connectivity index (χ1n) is 15.2. The number of hydrogen-bond donors (Lipinski definition) is 2. The maximum Gasteiger partial charge on any atom is 0.309 e. The second-order valence-corrected chi connectivity index (χ2v) is 10.9. The van der Waals surface area contributed by atoms with Crippen molar-refractivity contribution in [3.63, 3.8) is 0 Å². The van der Waals surface area contributed by atoms with E-state index in [0.717, 1.165) is 16.7 Å². The predicted octanol–water partition coefficient (Wildman–Crippen LogP) is 5.95. The Labute approximate surface area is 265 Å². The van der Waals surface area contributed by atoms with Gasteiger partial charge in [0, 0.05) is 19.5 Å². The molecule has 8 heteroatoms. The third-order valence-corrected chi connectivity index (χ3v) is 7.54. The molecule has 0 fully saturated rings. The van der Waals surface area contributed by atoms with Crippen molar-refractivity contribution in [1.29, 1.82) is 0 Å². The summed E-state index contributed by atoms with van der Waals surface area (Å²) in [5.74, 6) is -2.59. The number of halogens is 1. The number of hydrogen-bond acceptors (Lipinski definition) is 5. The van der Waals surface area contributed by atoms with Crippen LogP contribution in [0.3, 0.4) is 0 Å². The standard InChI is InChI=1S/C37H43FN2O5/c1-3-5-15-32(24-28-18-20-33(38)21-19-28)37(44)45-27-34(30-16-10-7-11-17-30)39-36(43)31(12-4-2)25-35(42)40(22-23-41)26-29-13-8-6-9-14-29/h3-4,6-11,13-14,16-21,31-32,34,41H,1-2,5,12,15,22-27H2,(H,39,43)/t31-,32-,34+/m0/s1. The highest BCUT2D eigenvalue weighted by atomic mass is 19.1. The molecule has 0 radical (unpaired) electrons. The highest BCUT2D eigenvalue weighted by Crippen LogP contribution is 2.21. The van der Waals surface area contributed by atoms with Gasteiger partial charge in [-0.15, -0.1) is 13.2 Å². The molecule has 7 nitrogen and oxygen atoms in total. The van der Waals surface area contributed by atoms with Crippen LogP contribution in [0.25, 0.3) is 0 Å². The highest BCUT2D eigenvalue weighted by molar-refractivity contribution is 5.86. The second-order valence-electron chi connectivity index (χ2n) is 10.9. The van der Waals surface area contributed by atoms with Crippen LogP contribution in [0.5, 0.6) is 0 Å². The molecule has 0 spiro atoms. The first-order chi connectivity index (χ1) is 21.8. The van der Waals surface area contributed by atoms with Gasteiger partial charge in [-0.2, -0.15) is 0 Å². The smallest absolute Gasteiger partial charge is 0.309 e. The number of esters is 1. The monoisotopic (exact) mass is 614 g/mol. The van der Waals surface area contributed by atoms with Crippen LogP contribution in [0.1, 0.15) is 48.4 Å². The lowest BCUT2D eigenvalue weighted by atomic mass is 9.94. The molecule has 3 aromatic carbocycles. The number of aliphatic hydroxyl groups is 1. The Morgan fingerprint density at radius 1 is 0.889 bits per heavy atom. The van der Waals surface area contributed by atoms with Crippen molar-refractivity contribution in [3.8, 4) is 0 Å². The molecule has 0 aliphatic heterocycles. The van der Waals surface area contributed by atoms with Gasteiger partial charge >= 0.3 is 5.97 Å². The summed E-state index contributed by atoms with van der Waals surface area (Å²) in [4.78, 5) is 41.8. The van der Waals surface area contributed by atoms with Crippen molar-refractivity contribution in [2.24, 2.45) is 11.8 Å². The van der Waals surface area contributed by atoms with E-state index in [1.807, 2.05) is 60.7 Å². The molecule has 3 rings (SSSR count). The summed E-state index contributed by atoms with van der Waals surface area (Å²) < 4.78 is 19.2. The van der Waals surface area contributed by atoms with Gasteiger partial charge in [-0.3, -0.25) is 14.4 Å². The predicted molar refractivity (Wildman–Crippen MR) is 173 cm³/mol. The lowest BCUT2D eigenvalue weighted by Crippen LogP contribution is -2.40. The Bertz CT molecular complexity index is 1360. The third kappa shape index (κ3) is 11.8. The van der Waals surface area contributed by atoms with Crippen LogP contribution in [0.15, 0.2) is 110 Å². The van der Waals surface area contributed by atoms with Crippen LogP contribution in [0, 0.1) is 17.7 Å². The van der Waals surface area contributed by atoms with Gasteiger partial charge in [0.1, 0.15) is 12.4 Å². The minimum absolute atomic E-state index is 0.0761. The van der Waals surface area contributed by atoms with E-state index in [2.05, 4.69) is 18.5 Å². The molecule has 0 aliphatic rings. The number of benzene rings is 3. The zero-order valence-corrected chi connectivity index (χ0v) is 25.7. The van der Waals surface area contributed by atoms with Gasteiger partial charge in [0.05, 0.1) is 24.5 Å². The average molecular weight is 615 g/mol. The summed E-state index contributed by atoms with van der Waals surface area (Å²) in [7, 11) is 0. The molecule has 3 atom stereocenters. The summed E-state index contributed by atoms with van der Waals surface area (Å²) in [6, 6.07) is 24.0. The number of nitrogens with zero attached hydrogens (tertiary/aromatic N) is 1. The summed E-state index contributed by atoms with van der Waals surface area (Å²) in [6.45, 7) is 7.68. The van der Waals surface area contributed by atoms with E-state index in [0.29, 0.717) is 25.8 Å². The van der Waals surface area contributed by atoms with Crippen molar-refractivity contribution in [3.05, 3.63) is 133 Å². The average Bonchev–Trinajstić information content (AvgIpc) is 3.06. The van der Waals surface area contributed by atoms with Crippen LogP contribution in [-0.4, -0.2) is 47.5 Å². The fourth-order valence-corrected chi connectivity index (χ4v) is 5.05. The number of ether oxygens (including phenoxy) is 1. The number of amides is 2. The van der Waals surface area contributed by atoms with Gasteiger partial charge in [-0.25, -0.2) is 4.39 Å². The van der Waals surface area contributed by atoms with E-state index >= 15 is 0 Å². The molecular formula is C37H43FN2O5. The third-order valence-electron chi connectivity index (χ3n) is 7.54. The Morgan fingerprint density at radius 2 is 1.56 bits per heavy atom. The maximum absolute atomic E-state index is 13.6. The molecule has 0 heterocycles. The van der Waals surface area contributed by atoms with Crippen LogP contribution in [-0.2, 0) is 32.1 Å². The van der Waals surface area contributed by atoms with Crippen molar-refractivity contribution in [1.82, 2.24) is 10.2 Å². The Hall–Kier alpha value is -4.56. The molecule has 238 valence electrons. The summed E-state index contributed by atoms with van der Waals surface area (Å²) >= 11 is 0. The Balaban J connectivity index is 1.72. The SMILES string of the molecule is C=CCC[C@@H](Cc1ccc(F)cc1)C(=O)OC[C@@H](NC(=O)[C@@H](CC=C)CC(=O)N(CCO)Cc1ccccc1)c1ccccc1. The number of allylic oxidation sites excluding steroid dienone is 2. The number of nitrogens with one attached hydrogen (secondary N) is 1. The minimum atomic E-state index is -0.715. The lowest BCUT2D eigenvalue weighted by Gasteiger charge is -2.26.